The van der Waals surface area contributed by atoms with Crippen LogP contribution in [0.5, 0.6) is 5.75 Å². The van der Waals surface area contributed by atoms with Crippen molar-refractivity contribution in [3.63, 3.8) is 0 Å². The summed E-state index contributed by atoms with van der Waals surface area (Å²) in [4.78, 5) is 41.6. The van der Waals surface area contributed by atoms with Crippen LogP contribution in [-0.4, -0.2) is 26.5 Å². The minimum absolute atomic E-state index is 0.0632. The van der Waals surface area contributed by atoms with Crippen LogP contribution in [0.15, 0.2) is 47.7 Å². The van der Waals surface area contributed by atoms with Crippen LogP contribution >= 0.6 is 7.75 Å². The lowest BCUT2D eigenvalue weighted by molar-refractivity contribution is -0.115. The van der Waals surface area contributed by atoms with Gasteiger partial charge in [-0.2, -0.15) is 0 Å². The Bertz CT molecular complexity index is 746. The first-order chi connectivity index (χ1) is 10.7. The Labute approximate surface area is 132 Å². The molecule has 23 heavy (non-hydrogen) atoms. The molecule has 0 atom stereocenters. The largest absolute Gasteiger partial charge is 0.508 e. The van der Waals surface area contributed by atoms with Crippen molar-refractivity contribution in [3.05, 3.63) is 53.3 Å². The van der Waals surface area contributed by atoms with Crippen molar-refractivity contribution in [2.45, 2.75) is 19.3 Å². The van der Waals surface area contributed by atoms with Crippen molar-refractivity contribution in [1.29, 1.82) is 0 Å². The fourth-order valence-corrected chi connectivity index (χ4v) is 2.80. The molecule has 1 aromatic rings. The lowest BCUT2D eigenvalue weighted by Crippen LogP contribution is -2.20. The van der Waals surface area contributed by atoms with Gasteiger partial charge in [0.05, 0.1) is 6.42 Å². The first kappa shape index (κ1) is 17.1. The summed E-state index contributed by atoms with van der Waals surface area (Å²) in [5.41, 5.74) is 0.791. The standard InChI is InChI=1S/C15H16NO6P/c17-11-3-1-2-10(8-11)4-7-15(19)13-6-5-12(18)9-14(13)16-23(20,21)22/h1-3,5-6,8,17H,4,7,9H2,(H3,16,20,21,22). The molecule has 0 bridgehead atoms. The number of phenolic OH excluding ortho intramolecular Hbond substituents is 1. The highest BCUT2D eigenvalue weighted by molar-refractivity contribution is 7.49. The van der Waals surface area contributed by atoms with E-state index in [1.807, 2.05) is 5.09 Å². The van der Waals surface area contributed by atoms with Crippen LogP contribution in [0.2, 0.25) is 0 Å². The van der Waals surface area contributed by atoms with Crippen molar-refractivity contribution in [1.82, 2.24) is 5.09 Å². The maximum absolute atomic E-state index is 12.3. The molecule has 0 aliphatic heterocycles. The molecule has 0 heterocycles. The predicted octanol–water partition coefficient (Wildman–Crippen LogP) is 1.36. The maximum Gasteiger partial charge on any atom is 0.427 e. The molecule has 0 amide bonds. The lowest BCUT2D eigenvalue weighted by Gasteiger charge is -2.17. The fraction of sp³-hybridized carbons (Fsp3) is 0.200. The minimum Gasteiger partial charge on any atom is -0.508 e. The molecule has 0 fully saturated rings. The quantitative estimate of drug-likeness (QED) is 0.578. The SMILES string of the molecule is O=C1C=CC(C(=O)CCc2cccc(O)c2)=C(NP(=O)(O)O)C1. The molecule has 7 nitrogen and oxygen atoms in total. The number of aromatic hydroxyl groups is 1. The van der Waals surface area contributed by atoms with Gasteiger partial charge in [-0.25, -0.2) is 4.57 Å². The Balaban J connectivity index is 2.14. The fourth-order valence-electron chi connectivity index (χ4n) is 2.25. The second kappa shape index (κ2) is 6.91. The monoisotopic (exact) mass is 337 g/mol. The van der Waals surface area contributed by atoms with Gasteiger partial charge in [0.25, 0.3) is 0 Å². The molecule has 1 aromatic carbocycles. The molecule has 1 aliphatic carbocycles. The second-order valence-corrected chi connectivity index (χ2v) is 6.43. The van der Waals surface area contributed by atoms with E-state index in [9.17, 15) is 19.3 Å². The smallest absolute Gasteiger partial charge is 0.427 e. The second-order valence-electron chi connectivity index (χ2n) is 5.12. The van der Waals surface area contributed by atoms with Crippen LogP contribution in [0.4, 0.5) is 0 Å². The number of aryl methyl sites for hydroxylation is 1. The first-order valence-electron chi connectivity index (χ1n) is 6.83. The predicted molar refractivity (Wildman–Crippen MR) is 82.4 cm³/mol. The van der Waals surface area contributed by atoms with Crippen molar-refractivity contribution in [2.24, 2.45) is 0 Å². The number of rotatable bonds is 6. The van der Waals surface area contributed by atoms with Crippen molar-refractivity contribution < 1.29 is 29.0 Å². The molecule has 8 heteroatoms. The number of hydrogen-bond donors (Lipinski definition) is 4. The Kier molecular flexibility index (Phi) is 5.15. The normalized spacial score (nSPS) is 15.0. The van der Waals surface area contributed by atoms with Crippen LogP contribution < -0.4 is 5.09 Å². The number of allylic oxidation sites excluding steroid dienone is 4. The molecule has 2 rings (SSSR count). The number of nitrogens with one attached hydrogen (secondary N) is 1. The van der Waals surface area contributed by atoms with E-state index >= 15 is 0 Å². The molecule has 0 spiro atoms. The van der Waals surface area contributed by atoms with Gasteiger partial charge in [-0.15, -0.1) is 0 Å². The van der Waals surface area contributed by atoms with Crippen molar-refractivity contribution >= 4 is 19.3 Å². The number of carbonyl (C=O) groups is 2. The third kappa shape index (κ3) is 5.17. The molecule has 0 unspecified atom stereocenters. The molecule has 122 valence electrons. The zero-order chi connectivity index (χ0) is 17.0. The Hall–Kier alpha value is -2.21. The molecule has 0 radical (unpaired) electrons. The van der Waals surface area contributed by atoms with E-state index in [1.54, 1.807) is 12.1 Å². The summed E-state index contributed by atoms with van der Waals surface area (Å²) in [6.07, 6.45) is 2.68. The average Bonchev–Trinajstić information content (AvgIpc) is 2.43. The van der Waals surface area contributed by atoms with E-state index in [2.05, 4.69) is 0 Å². The molecular weight excluding hydrogens is 321 g/mol. The Morgan fingerprint density at radius 1 is 1.26 bits per heavy atom. The van der Waals surface area contributed by atoms with Crippen LogP contribution in [0.25, 0.3) is 0 Å². The maximum atomic E-state index is 12.3. The van der Waals surface area contributed by atoms with Gasteiger partial charge in [-0.3, -0.25) is 14.7 Å². The number of benzene rings is 1. The molecular formula is C15H16NO6P. The van der Waals surface area contributed by atoms with Crippen LogP contribution in [-0.2, 0) is 20.6 Å². The number of ketones is 2. The summed E-state index contributed by atoms with van der Waals surface area (Å²) in [6, 6.07) is 6.48. The molecule has 4 N–H and O–H groups in total. The van der Waals surface area contributed by atoms with E-state index in [4.69, 9.17) is 9.79 Å². The zero-order valence-electron chi connectivity index (χ0n) is 12.1. The van der Waals surface area contributed by atoms with Gasteiger partial charge in [0.1, 0.15) is 5.75 Å². The van der Waals surface area contributed by atoms with E-state index in [0.717, 1.165) is 5.56 Å². The van der Waals surface area contributed by atoms with Crippen LogP contribution in [0.3, 0.4) is 0 Å². The van der Waals surface area contributed by atoms with E-state index < -0.39 is 7.75 Å². The highest BCUT2D eigenvalue weighted by Crippen LogP contribution is 2.33. The van der Waals surface area contributed by atoms with Crippen molar-refractivity contribution in [2.75, 3.05) is 0 Å². The number of hydrogen-bond acceptors (Lipinski definition) is 4. The van der Waals surface area contributed by atoms with Gasteiger partial charge in [0, 0.05) is 17.7 Å². The van der Waals surface area contributed by atoms with Crippen LogP contribution in [0, 0.1) is 0 Å². The first-order valence-corrected chi connectivity index (χ1v) is 8.45. The zero-order valence-corrected chi connectivity index (χ0v) is 13.0. The average molecular weight is 337 g/mol. The van der Waals surface area contributed by atoms with Crippen molar-refractivity contribution in [3.8, 4) is 5.75 Å². The van der Waals surface area contributed by atoms with Gasteiger partial charge < -0.3 is 14.9 Å². The minimum atomic E-state index is -4.60. The summed E-state index contributed by atoms with van der Waals surface area (Å²) in [5, 5.41) is 11.3. The highest BCUT2D eigenvalue weighted by Gasteiger charge is 2.24. The Morgan fingerprint density at radius 3 is 2.65 bits per heavy atom. The Morgan fingerprint density at radius 2 is 2.00 bits per heavy atom. The topological polar surface area (TPSA) is 124 Å². The van der Waals surface area contributed by atoms with E-state index in [-0.39, 0.29) is 41.4 Å². The van der Waals surface area contributed by atoms with Crippen LogP contribution in [0.1, 0.15) is 18.4 Å². The summed E-state index contributed by atoms with van der Waals surface area (Å²) < 4.78 is 11.1. The number of carbonyl (C=O) groups excluding carboxylic acids is 2. The lowest BCUT2D eigenvalue weighted by atomic mass is 9.96. The highest BCUT2D eigenvalue weighted by atomic mass is 31.2. The molecule has 0 aromatic heterocycles. The van der Waals surface area contributed by atoms with Gasteiger partial charge in [-0.05, 0) is 36.3 Å². The summed E-state index contributed by atoms with van der Waals surface area (Å²) >= 11 is 0. The van der Waals surface area contributed by atoms with Gasteiger partial charge in [0.15, 0.2) is 11.6 Å². The summed E-state index contributed by atoms with van der Waals surface area (Å²) in [7, 11) is -4.60. The van der Waals surface area contributed by atoms with Gasteiger partial charge in [0.2, 0.25) is 0 Å². The summed E-state index contributed by atoms with van der Waals surface area (Å²) in [5.74, 6) is -0.584. The van der Waals surface area contributed by atoms with E-state index in [0.29, 0.717) is 6.42 Å². The third-order valence-electron chi connectivity index (χ3n) is 3.24. The third-order valence-corrected chi connectivity index (χ3v) is 3.81. The number of Topliss-reactive ketones (excluding diaryl/α,β-unsaturated/α-hetero) is 1. The summed E-state index contributed by atoms with van der Waals surface area (Å²) in [6.45, 7) is 0. The molecule has 1 aliphatic rings. The van der Waals surface area contributed by atoms with E-state index in [1.165, 1.54) is 24.3 Å². The van der Waals surface area contributed by atoms with Gasteiger partial charge in [-0.1, -0.05) is 12.1 Å². The molecule has 0 saturated carbocycles. The molecule has 0 saturated heterocycles. The number of phenols is 1. The van der Waals surface area contributed by atoms with Gasteiger partial charge >= 0.3 is 7.75 Å².